The van der Waals surface area contributed by atoms with Gasteiger partial charge in [-0.3, -0.25) is 9.48 Å². The number of aromatic nitrogens is 2. The normalized spacial score (nSPS) is 10.6. The van der Waals surface area contributed by atoms with Gasteiger partial charge in [-0.25, -0.2) is 0 Å². The van der Waals surface area contributed by atoms with E-state index in [1.807, 2.05) is 73.1 Å². The Bertz CT molecular complexity index is 884. The van der Waals surface area contributed by atoms with Crippen molar-refractivity contribution >= 4 is 5.97 Å². The molecular formula is C21H22N2O3. The van der Waals surface area contributed by atoms with Gasteiger partial charge in [0.15, 0.2) is 0 Å². The summed E-state index contributed by atoms with van der Waals surface area (Å²) in [6.45, 7) is 4.56. The molecule has 0 N–H and O–H groups in total. The van der Waals surface area contributed by atoms with E-state index in [9.17, 15) is 4.79 Å². The maximum Gasteiger partial charge on any atom is 0.307 e. The van der Waals surface area contributed by atoms with E-state index in [2.05, 4.69) is 5.10 Å². The lowest BCUT2D eigenvalue weighted by Crippen LogP contribution is -2.09. The number of aryl methyl sites for hydroxylation is 1. The van der Waals surface area contributed by atoms with Gasteiger partial charge in [0, 0.05) is 11.3 Å². The van der Waals surface area contributed by atoms with Crippen molar-refractivity contribution in [1.29, 1.82) is 0 Å². The van der Waals surface area contributed by atoms with Gasteiger partial charge in [-0.05, 0) is 55.8 Å². The number of methoxy groups -OCH3 is 1. The molecule has 2 aromatic carbocycles. The second kappa shape index (κ2) is 7.87. The molecule has 26 heavy (non-hydrogen) atoms. The maximum absolute atomic E-state index is 11.4. The first-order chi connectivity index (χ1) is 12.6. The summed E-state index contributed by atoms with van der Waals surface area (Å²) in [7, 11) is 1.40. The van der Waals surface area contributed by atoms with Crippen LogP contribution in [0.3, 0.4) is 0 Å². The van der Waals surface area contributed by atoms with Crippen molar-refractivity contribution in [3.63, 3.8) is 0 Å². The number of para-hydroxylation sites is 1. The van der Waals surface area contributed by atoms with Crippen LogP contribution < -0.4 is 4.74 Å². The van der Waals surface area contributed by atoms with Gasteiger partial charge >= 0.3 is 5.97 Å². The number of carbonyl (C=O) groups is 1. The minimum Gasteiger partial charge on any atom is -0.469 e. The highest BCUT2D eigenvalue weighted by Gasteiger charge is 2.14. The highest BCUT2D eigenvalue weighted by molar-refractivity contribution is 5.69. The van der Waals surface area contributed by atoms with Crippen LogP contribution in [0.15, 0.2) is 54.6 Å². The largest absolute Gasteiger partial charge is 0.469 e. The molecule has 3 aromatic rings. The number of nitrogens with zero attached hydrogens (tertiary/aromatic N) is 2. The fourth-order valence-electron chi connectivity index (χ4n) is 2.73. The van der Waals surface area contributed by atoms with Crippen molar-refractivity contribution < 1.29 is 14.3 Å². The standard InChI is InChI=1S/C21H22N2O3/c1-15-16(2)23(14-13-20(24)25-3)22-21(15)17-9-11-19(12-10-17)26-18-7-5-4-6-8-18/h4-12H,13-14H2,1-3H3. The third-order valence-corrected chi connectivity index (χ3v) is 4.37. The van der Waals surface area contributed by atoms with Gasteiger partial charge in [0.05, 0.1) is 25.8 Å². The number of ether oxygens (including phenoxy) is 2. The van der Waals surface area contributed by atoms with Gasteiger partial charge in [-0.15, -0.1) is 0 Å². The highest BCUT2D eigenvalue weighted by atomic mass is 16.5. The summed E-state index contributed by atoms with van der Waals surface area (Å²) >= 11 is 0. The minimum absolute atomic E-state index is 0.235. The van der Waals surface area contributed by atoms with Crippen molar-refractivity contribution in [1.82, 2.24) is 9.78 Å². The van der Waals surface area contributed by atoms with E-state index in [0.29, 0.717) is 13.0 Å². The summed E-state index contributed by atoms with van der Waals surface area (Å²) in [4.78, 5) is 11.4. The van der Waals surface area contributed by atoms with Crippen molar-refractivity contribution in [2.24, 2.45) is 0 Å². The minimum atomic E-state index is -0.235. The molecule has 0 bridgehead atoms. The molecule has 0 aliphatic heterocycles. The lowest BCUT2D eigenvalue weighted by Gasteiger charge is -2.06. The first-order valence-electron chi connectivity index (χ1n) is 8.52. The Kier molecular flexibility index (Phi) is 5.37. The SMILES string of the molecule is COC(=O)CCn1nc(-c2ccc(Oc3ccccc3)cc2)c(C)c1C. The average molecular weight is 350 g/mol. The van der Waals surface area contributed by atoms with E-state index in [1.165, 1.54) is 7.11 Å². The lowest BCUT2D eigenvalue weighted by atomic mass is 10.1. The molecule has 0 amide bonds. The molecule has 0 aliphatic rings. The van der Waals surface area contributed by atoms with Crippen LogP contribution in [0.1, 0.15) is 17.7 Å². The maximum atomic E-state index is 11.4. The van der Waals surface area contributed by atoms with E-state index >= 15 is 0 Å². The molecule has 5 heteroatoms. The zero-order valence-corrected chi connectivity index (χ0v) is 15.2. The third-order valence-electron chi connectivity index (χ3n) is 4.37. The molecule has 0 atom stereocenters. The summed E-state index contributed by atoms with van der Waals surface area (Å²) in [5, 5.41) is 4.67. The molecule has 134 valence electrons. The lowest BCUT2D eigenvalue weighted by molar-refractivity contribution is -0.140. The van der Waals surface area contributed by atoms with Crippen molar-refractivity contribution in [2.75, 3.05) is 7.11 Å². The third kappa shape index (κ3) is 3.94. The Morgan fingerprint density at radius 2 is 1.65 bits per heavy atom. The van der Waals surface area contributed by atoms with E-state index in [-0.39, 0.29) is 5.97 Å². The van der Waals surface area contributed by atoms with E-state index in [1.54, 1.807) is 0 Å². The number of hydrogen-bond acceptors (Lipinski definition) is 4. The summed E-state index contributed by atoms with van der Waals surface area (Å²) in [5.41, 5.74) is 4.08. The first kappa shape index (κ1) is 17.7. The Morgan fingerprint density at radius 3 is 2.31 bits per heavy atom. The van der Waals surface area contributed by atoms with Crippen molar-refractivity contribution in [3.8, 4) is 22.8 Å². The molecule has 1 aromatic heterocycles. The van der Waals surface area contributed by atoms with Crippen LogP contribution >= 0.6 is 0 Å². The zero-order chi connectivity index (χ0) is 18.5. The van der Waals surface area contributed by atoms with Crippen LogP contribution in [-0.4, -0.2) is 22.9 Å². The summed E-state index contributed by atoms with van der Waals surface area (Å²) in [6.07, 6.45) is 0.307. The van der Waals surface area contributed by atoms with Crippen LogP contribution in [0, 0.1) is 13.8 Å². The van der Waals surface area contributed by atoms with Crippen LogP contribution in [0.5, 0.6) is 11.5 Å². The van der Waals surface area contributed by atoms with Gasteiger partial charge in [0.25, 0.3) is 0 Å². The molecule has 0 unspecified atom stereocenters. The van der Waals surface area contributed by atoms with Gasteiger partial charge in [0.2, 0.25) is 0 Å². The van der Waals surface area contributed by atoms with E-state index in [4.69, 9.17) is 9.47 Å². The molecular weight excluding hydrogens is 328 g/mol. The average Bonchev–Trinajstić information content (AvgIpc) is 2.96. The predicted molar refractivity (Wildman–Crippen MR) is 100 cm³/mol. The quantitative estimate of drug-likeness (QED) is 0.613. The molecule has 5 nitrogen and oxygen atoms in total. The van der Waals surface area contributed by atoms with Gasteiger partial charge < -0.3 is 9.47 Å². The second-order valence-electron chi connectivity index (χ2n) is 6.05. The van der Waals surface area contributed by atoms with Gasteiger partial charge in [-0.2, -0.15) is 5.10 Å². The van der Waals surface area contributed by atoms with Crippen LogP contribution in [0.2, 0.25) is 0 Å². The van der Waals surface area contributed by atoms with Crippen molar-refractivity contribution in [3.05, 3.63) is 65.9 Å². The van der Waals surface area contributed by atoms with E-state index in [0.717, 1.165) is 34.0 Å². The fourth-order valence-corrected chi connectivity index (χ4v) is 2.73. The smallest absolute Gasteiger partial charge is 0.307 e. The molecule has 0 saturated heterocycles. The van der Waals surface area contributed by atoms with Crippen LogP contribution in [-0.2, 0) is 16.1 Å². The molecule has 0 aliphatic carbocycles. The zero-order valence-electron chi connectivity index (χ0n) is 15.2. The monoisotopic (exact) mass is 350 g/mol. The number of rotatable bonds is 6. The Balaban J connectivity index is 1.77. The summed E-state index contributed by atoms with van der Waals surface area (Å²) < 4.78 is 12.4. The number of esters is 1. The molecule has 3 rings (SSSR count). The second-order valence-corrected chi connectivity index (χ2v) is 6.05. The Morgan fingerprint density at radius 1 is 1.00 bits per heavy atom. The number of carbonyl (C=O) groups excluding carboxylic acids is 1. The Labute approximate surface area is 153 Å². The predicted octanol–water partition coefficient (Wildman–Crippen LogP) is 4.52. The van der Waals surface area contributed by atoms with E-state index < -0.39 is 0 Å². The molecule has 0 fully saturated rings. The highest BCUT2D eigenvalue weighted by Crippen LogP contribution is 2.28. The van der Waals surface area contributed by atoms with Gasteiger partial charge in [-0.1, -0.05) is 18.2 Å². The Hall–Kier alpha value is -3.08. The van der Waals surface area contributed by atoms with Crippen molar-refractivity contribution in [2.45, 2.75) is 26.8 Å². The molecule has 0 spiro atoms. The fraction of sp³-hybridized carbons (Fsp3) is 0.238. The summed E-state index contributed by atoms with van der Waals surface area (Å²) in [5.74, 6) is 1.35. The summed E-state index contributed by atoms with van der Waals surface area (Å²) in [6, 6.07) is 17.5. The molecule has 0 radical (unpaired) electrons. The molecule has 0 saturated carbocycles. The first-order valence-corrected chi connectivity index (χ1v) is 8.52. The number of hydrogen-bond donors (Lipinski definition) is 0. The number of benzene rings is 2. The van der Waals surface area contributed by atoms with Crippen LogP contribution in [0.4, 0.5) is 0 Å². The molecule has 1 heterocycles. The van der Waals surface area contributed by atoms with Gasteiger partial charge in [0.1, 0.15) is 11.5 Å². The topological polar surface area (TPSA) is 53.4 Å². The van der Waals surface area contributed by atoms with Crippen LogP contribution in [0.25, 0.3) is 11.3 Å².